The van der Waals surface area contributed by atoms with Gasteiger partial charge in [0.05, 0.1) is 12.8 Å². The first-order chi connectivity index (χ1) is 17.4. The zero-order valence-electron chi connectivity index (χ0n) is 20.6. The van der Waals surface area contributed by atoms with Crippen LogP contribution in [0.2, 0.25) is 0 Å². The summed E-state index contributed by atoms with van der Waals surface area (Å²) in [4.78, 5) is 24.3. The van der Waals surface area contributed by atoms with Gasteiger partial charge in [0.1, 0.15) is 6.61 Å². The summed E-state index contributed by atoms with van der Waals surface area (Å²) in [6, 6.07) is 19.1. The summed E-state index contributed by atoms with van der Waals surface area (Å²) in [5.41, 5.74) is 7.10. The van der Waals surface area contributed by atoms with Gasteiger partial charge in [-0.05, 0) is 79.4 Å². The average molecular weight is 552 g/mol. The molecule has 0 aliphatic rings. The normalized spacial score (nSPS) is 10.8. The van der Waals surface area contributed by atoms with Gasteiger partial charge in [-0.3, -0.25) is 9.59 Å². The molecule has 0 aromatic heterocycles. The topological polar surface area (TPSA) is 89.0 Å². The lowest BCUT2D eigenvalue weighted by atomic mass is 10.1. The number of carbonyl (C=O) groups excluding carboxylic acids is 2. The highest BCUT2D eigenvalue weighted by Crippen LogP contribution is 2.29. The first-order valence-electron chi connectivity index (χ1n) is 11.7. The summed E-state index contributed by atoms with van der Waals surface area (Å²) in [6.07, 6.45) is 1.61. The molecule has 0 unspecified atom stereocenters. The number of aryl methyl sites for hydroxylation is 1. The van der Waals surface area contributed by atoms with E-state index in [4.69, 9.17) is 9.47 Å². The third-order valence-electron chi connectivity index (χ3n) is 5.44. The molecule has 2 amide bonds. The molecule has 7 nitrogen and oxygen atoms in total. The maximum absolute atomic E-state index is 12.2. The van der Waals surface area contributed by atoms with Gasteiger partial charge in [-0.2, -0.15) is 5.10 Å². The van der Waals surface area contributed by atoms with Crippen LogP contribution in [-0.2, 0) is 16.2 Å². The van der Waals surface area contributed by atoms with Crippen LogP contribution in [0.5, 0.6) is 11.5 Å². The van der Waals surface area contributed by atoms with E-state index in [1.165, 1.54) is 6.21 Å². The molecule has 0 heterocycles. The van der Waals surface area contributed by atoms with E-state index in [-0.39, 0.29) is 24.7 Å². The number of anilines is 1. The summed E-state index contributed by atoms with van der Waals surface area (Å²) in [7, 11) is 0. The number of ether oxygens (including phenoxy) is 2. The van der Waals surface area contributed by atoms with Gasteiger partial charge in [-0.25, -0.2) is 5.43 Å². The number of nitrogens with one attached hydrogen (secondary N) is 2. The molecule has 8 heteroatoms. The molecule has 2 N–H and O–H groups in total. The largest absolute Gasteiger partial charge is 0.490 e. The van der Waals surface area contributed by atoms with Gasteiger partial charge in [-0.1, -0.05) is 40.2 Å². The molecule has 36 heavy (non-hydrogen) atoms. The van der Waals surface area contributed by atoms with E-state index in [1.807, 2.05) is 75.4 Å². The number of rotatable bonds is 11. The van der Waals surface area contributed by atoms with Crippen molar-refractivity contribution in [3.8, 4) is 11.5 Å². The fourth-order valence-electron chi connectivity index (χ4n) is 3.30. The Balaban J connectivity index is 1.50. The van der Waals surface area contributed by atoms with E-state index in [1.54, 1.807) is 6.07 Å². The predicted molar refractivity (Wildman–Crippen MR) is 146 cm³/mol. The van der Waals surface area contributed by atoms with E-state index in [2.05, 4.69) is 31.8 Å². The number of amides is 2. The van der Waals surface area contributed by atoms with Crippen molar-refractivity contribution in [1.82, 2.24) is 5.43 Å². The molecular formula is C28H30BrN3O4. The molecule has 188 valence electrons. The van der Waals surface area contributed by atoms with Crippen molar-refractivity contribution < 1.29 is 19.1 Å². The molecule has 3 aromatic rings. The van der Waals surface area contributed by atoms with Crippen LogP contribution in [0.4, 0.5) is 5.69 Å². The van der Waals surface area contributed by atoms with Crippen LogP contribution in [0.25, 0.3) is 0 Å². The quantitative estimate of drug-likeness (QED) is 0.229. The molecule has 0 saturated carbocycles. The maximum Gasteiger partial charge on any atom is 0.240 e. The van der Waals surface area contributed by atoms with Crippen LogP contribution >= 0.6 is 15.9 Å². The number of halogens is 1. The summed E-state index contributed by atoms with van der Waals surface area (Å²) in [6.45, 7) is 6.72. The summed E-state index contributed by atoms with van der Waals surface area (Å²) in [5.74, 6) is 0.647. The number of benzene rings is 3. The van der Waals surface area contributed by atoms with E-state index in [0.29, 0.717) is 24.7 Å². The lowest BCUT2D eigenvalue weighted by molar-refractivity contribution is -0.124. The predicted octanol–water partition coefficient (Wildman–Crippen LogP) is 5.91. The van der Waals surface area contributed by atoms with Crippen LogP contribution in [0.1, 0.15) is 42.0 Å². The molecule has 0 spiro atoms. The highest BCUT2D eigenvalue weighted by Gasteiger charge is 2.10. The van der Waals surface area contributed by atoms with Crippen molar-refractivity contribution in [1.29, 1.82) is 0 Å². The minimum absolute atomic E-state index is 0.0288. The van der Waals surface area contributed by atoms with Crippen molar-refractivity contribution in [3.05, 3.63) is 87.4 Å². The van der Waals surface area contributed by atoms with Gasteiger partial charge in [-0.15, -0.1) is 0 Å². The first kappa shape index (κ1) is 26.9. The third kappa shape index (κ3) is 8.23. The Morgan fingerprint density at radius 2 is 1.69 bits per heavy atom. The summed E-state index contributed by atoms with van der Waals surface area (Å²) < 4.78 is 12.7. The first-order valence-corrected chi connectivity index (χ1v) is 12.5. The molecule has 3 rings (SSSR count). The number of hydrogen-bond donors (Lipinski definition) is 2. The molecule has 0 aliphatic heterocycles. The average Bonchev–Trinajstić information content (AvgIpc) is 2.86. The number of hydrogen-bond acceptors (Lipinski definition) is 5. The van der Waals surface area contributed by atoms with Crippen molar-refractivity contribution in [2.24, 2.45) is 5.10 Å². The second-order valence-corrected chi connectivity index (χ2v) is 9.06. The van der Waals surface area contributed by atoms with Crippen molar-refractivity contribution in [2.45, 2.75) is 40.2 Å². The smallest absolute Gasteiger partial charge is 0.240 e. The number of hydrazone groups is 1. The Morgan fingerprint density at radius 3 is 2.44 bits per heavy atom. The Hall–Kier alpha value is -3.65. The van der Waals surface area contributed by atoms with Crippen LogP contribution in [0.15, 0.2) is 70.2 Å². The fourth-order valence-corrected chi connectivity index (χ4v) is 3.56. The third-order valence-corrected chi connectivity index (χ3v) is 5.96. The number of carbonyl (C=O) groups is 2. The second-order valence-electron chi connectivity index (χ2n) is 8.14. The van der Waals surface area contributed by atoms with Crippen LogP contribution in [0.3, 0.4) is 0 Å². The molecule has 0 radical (unpaired) electrons. The van der Waals surface area contributed by atoms with Gasteiger partial charge in [0.2, 0.25) is 11.8 Å². The molecule has 0 bridgehead atoms. The van der Waals surface area contributed by atoms with Gasteiger partial charge >= 0.3 is 0 Å². The Labute approximate surface area is 220 Å². The van der Waals surface area contributed by atoms with E-state index >= 15 is 0 Å². The Bertz CT molecular complexity index is 1230. The molecule has 0 atom stereocenters. The van der Waals surface area contributed by atoms with E-state index in [0.717, 1.165) is 32.4 Å². The van der Waals surface area contributed by atoms with Crippen LogP contribution in [0, 0.1) is 13.8 Å². The summed E-state index contributed by atoms with van der Waals surface area (Å²) in [5, 5.41) is 6.85. The van der Waals surface area contributed by atoms with Crippen LogP contribution in [-0.4, -0.2) is 24.6 Å². The van der Waals surface area contributed by atoms with Crippen LogP contribution < -0.4 is 20.2 Å². The minimum atomic E-state index is -0.346. The van der Waals surface area contributed by atoms with Crippen molar-refractivity contribution in [3.63, 3.8) is 0 Å². The van der Waals surface area contributed by atoms with E-state index in [9.17, 15) is 9.59 Å². The van der Waals surface area contributed by atoms with Gasteiger partial charge in [0.25, 0.3) is 0 Å². The zero-order chi connectivity index (χ0) is 25.9. The highest BCUT2D eigenvalue weighted by molar-refractivity contribution is 9.10. The number of nitrogens with zero attached hydrogens (tertiary/aromatic N) is 1. The molecule has 3 aromatic carbocycles. The Kier molecular flexibility index (Phi) is 10.1. The highest BCUT2D eigenvalue weighted by atomic mass is 79.9. The second kappa shape index (κ2) is 13.4. The summed E-state index contributed by atoms with van der Waals surface area (Å²) >= 11 is 3.43. The molecule has 0 fully saturated rings. The maximum atomic E-state index is 12.2. The zero-order valence-corrected chi connectivity index (χ0v) is 22.2. The minimum Gasteiger partial charge on any atom is -0.490 e. The Morgan fingerprint density at radius 1 is 0.944 bits per heavy atom. The van der Waals surface area contributed by atoms with Crippen molar-refractivity contribution >= 4 is 39.6 Å². The standard InChI is InChI=1S/C28H30BrN3O4/c1-4-35-26-16-22(10-13-25(26)36-18-21-8-11-23(29)12-9-21)17-30-32-28(34)15-14-27(33)31-24-7-5-6-19(2)20(24)3/h5-13,16-17H,4,14-15,18H2,1-3H3,(H,31,33)(H,32,34). The van der Waals surface area contributed by atoms with Gasteiger partial charge in [0, 0.05) is 23.0 Å². The molecule has 0 aliphatic carbocycles. The van der Waals surface area contributed by atoms with Crippen molar-refractivity contribution in [2.75, 3.05) is 11.9 Å². The fraction of sp³-hybridized carbons (Fsp3) is 0.250. The van der Waals surface area contributed by atoms with Gasteiger partial charge in [0.15, 0.2) is 11.5 Å². The SMILES string of the molecule is CCOc1cc(C=NNC(=O)CCC(=O)Nc2cccc(C)c2C)ccc1OCc1ccc(Br)cc1. The monoisotopic (exact) mass is 551 g/mol. The van der Waals surface area contributed by atoms with E-state index < -0.39 is 0 Å². The molecule has 0 saturated heterocycles. The lowest BCUT2D eigenvalue weighted by Gasteiger charge is -2.12. The molecular weight excluding hydrogens is 522 g/mol. The lowest BCUT2D eigenvalue weighted by Crippen LogP contribution is -2.21. The van der Waals surface area contributed by atoms with Gasteiger partial charge < -0.3 is 14.8 Å².